The molecular formula is C20H26N4O. The topological polar surface area (TPSA) is 39.7 Å². The van der Waals surface area contributed by atoms with Crippen LogP contribution in [0.2, 0.25) is 0 Å². The molecule has 1 fully saturated rings. The first kappa shape index (κ1) is 17.4. The molecule has 2 aromatic rings. The maximum atomic E-state index is 12.1. The van der Waals surface area contributed by atoms with E-state index in [-0.39, 0.29) is 5.91 Å². The maximum Gasteiger partial charge on any atom is 0.225 e. The first-order valence-corrected chi connectivity index (χ1v) is 8.88. The van der Waals surface area contributed by atoms with Crippen molar-refractivity contribution in [1.82, 2.24) is 9.88 Å². The minimum absolute atomic E-state index is 0.0356. The van der Waals surface area contributed by atoms with Crippen LogP contribution < -0.4 is 9.80 Å². The van der Waals surface area contributed by atoms with Crippen LogP contribution in [0, 0.1) is 0 Å². The number of nitrogens with zero attached hydrogens (tertiary/aromatic N) is 4. The van der Waals surface area contributed by atoms with Crippen LogP contribution in [-0.4, -0.2) is 54.6 Å². The zero-order valence-corrected chi connectivity index (χ0v) is 15.0. The van der Waals surface area contributed by atoms with Gasteiger partial charge in [0.2, 0.25) is 5.91 Å². The zero-order chi connectivity index (χ0) is 17.6. The molecule has 0 saturated carbocycles. The van der Waals surface area contributed by atoms with Gasteiger partial charge in [0.1, 0.15) is 5.82 Å². The van der Waals surface area contributed by atoms with Crippen LogP contribution in [0.15, 0.2) is 54.7 Å². The third-order valence-electron chi connectivity index (χ3n) is 4.81. The van der Waals surface area contributed by atoms with Crippen LogP contribution in [0.3, 0.4) is 0 Å². The lowest BCUT2D eigenvalue weighted by atomic mass is 10.2. The van der Waals surface area contributed by atoms with Crippen molar-refractivity contribution in [3.8, 4) is 0 Å². The average Bonchev–Trinajstić information content (AvgIpc) is 2.67. The summed E-state index contributed by atoms with van der Waals surface area (Å²) in [4.78, 5) is 23.0. The van der Waals surface area contributed by atoms with Gasteiger partial charge in [-0.15, -0.1) is 0 Å². The van der Waals surface area contributed by atoms with Crippen molar-refractivity contribution in [1.29, 1.82) is 0 Å². The molecule has 0 spiro atoms. The van der Waals surface area contributed by atoms with Gasteiger partial charge >= 0.3 is 0 Å². The van der Waals surface area contributed by atoms with E-state index in [0.29, 0.717) is 12.6 Å². The Kier molecular flexibility index (Phi) is 5.66. The van der Waals surface area contributed by atoms with Gasteiger partial charge in [-0.3, -0.25) is 14.6 Å². The molecule has 1 saturated heterocycles. The summed E-state index contributed by atoms with van der Waals surface area (Å²) in [6.45, 7) is 8.49. The molecule has 1 unspecified atom stereocenters. The van der Waals surface area contributed by atoms with Crippen LogP contribution in [-0.2, 0) is 4.79 Å². The number of para-hydroxylation sites is 1. The minimum atomic E-state index is 0.0356. The predicted molar refractivity (Wildman–Crippen MR) is 102 cm³/mol. The number of anilines is 2. The average molecular weight is 338 g/mol. The highest BCUT2D eigenvalue weighted by molar-refractivity contribution is 5.90. The predicted octanol–water partition coefficient (Wildman–Crippen LogP) is 2.65. The fraction of sp³-hybridized carbons (Fsp3) is 0.400. The molecule has 1 amide bonds. The summed E-state index contributed by atoms with van der Waals surface area (Å²) < 4.78 is 0. The largest absolute Gasteiger partial charge is 0.369 e. The molecule has 1 aliphatic rings. The fourth-order valence-electron chi connectivity index (χ4n) is 3.34. The molecular weight excluding hydrogens is 312 g/mol. The molecule has 5 nitrogen and oxygen atoms in total. The van der Waals surface area contributed by atoms with Gasteiger partial charge < -0.3 is 4.90 Å². The first-order chi connectivity index (χ1) is 12.1. The number of pyridine rings is 1. The van der Waals surface area contributed by atoms with Crippen molar-refractivity contribution in [2.75, 3.05) is 42.5 Å². The van der Waals surface area contributed by atoms with Crippen molar-refractivity contribution in [2.24, 2.45) is 0 Å². The summed E-state index contributed by atoms with van der Waals surface area (Å²) >= 11 is 0. The Morgan fingerprint density at radius 1 is 1.08 bits per heavy atom. The Hall–Kier alpha value is -2.40. The highest BCUT2D eigenvalue weighted by Gasteiger charge is 2.24. The number of hydrogen-bond acceptors (Lipinski definition) is 4. The summed E-state index contributed by atoms with van der Waals surface area (Å²) in [5.41, 5.74) is 1.29. The van der Waals surface area contributed by atoms with Crippen molar-refractivity contribution in [2.45, 2.75) is 19.9 Å². The lowest BCUT2D eigenvalue weighted by molar-refractivity contribution is -0.116. The monoisotopic (exact) mass is 338 g/mol. The van der Waals surface area contributed by atoms with E-state index in [2.05, 4.69) is 52.0 Å². The number of carbonyl (C=O) groups excluding carboxylic acids is 1. The molecule has 0 bridgehead atoms. The normalized spacial score (nSPS) is 16.5. The van der Waals surface area contributed by atoms with Gasteiger partial charge in [0.15, 0.2) is 0 Å². The van der Waals surface area contributed by atoms with Gasteiger partial charge in [-0.05, 0) is 31.2 Å². The molecule has 1 aromatic carbocycles. The molecule has 25 heavy (non-hydrogen) atoms. The van der Waals surface area contributed by atoms with Gasteiger partial charge in [0, 0.05) is 57.6 Å². The molecule has 1 aliphatic heterocycles. The molecule has 1 aromatic heterocycles. The fourth-order valence-corrected chi connectivity index (χ4v) is 3.34. The molecule has 0 aliphatic carbocycles. The molecule has 2 heterocycles. The Balaban J connectivity index is 1.58. The lowest BCUT2D eigenvalue weighted by Gasteiger charge is -2.40. The summed E-state index contributed by atoms with van der Waals surface area (Å²) in [5, 5.41) is 0. The lowest BCUT2D eigenvalue weighted by Crippen LogP contribution is -2.53. The zero-order valence-electron chi connectivity index (χ0n) is 15.0. The van der Waals surface area contributed by atoms with Gasteiger partial charge in [0.25, 0.3) is 0 Å². The molecule has 0 N–H and O–H groups in total. The van der Waals surface area contributed by atoms with Crippen LogP contribution in [0.4, 0.5) is 11.5 Å². The van der Waals surface area contributed by atoms with E-state index in [1.165, 1.54) is 5.69 Å². The Bertz CT molecular complexity index is 669. The highest BCUT2D eigenvalue weighted by atomic mass is 16.2. The SMILES string of the molecule is CC(=O)N(CC(C)N1CCN(c2ccccc2)CC1)c1ccccn1. The van der Waals surface area contributed by atoms with Crippen molar-refractivity contribution in [3.63, 3.8) is 0 Å². The minimum Gasteiger partial charge on any atom is -0.369 e. The Morgan fingerprint density at radius 2 is 1.76 bits per heavy atom. The Morgan fingerprint density at radius 3 is 2.36 bits per heavy atom. The quantitative estimate of drug-likeness (QED) is 0.840. The van der Waals surface area contributed by atoms with Crippen molar-refractivity contribution in [3.05, 3.63) is 54.7 Å². The summed E-state index contributed by atoms with van der Waals surface area (Å²) in [7, 11) is 0. The second-order valence-corrected chi connectivity index (χ2v) is 6.53. The van der Waals surface area contributed by atoms with Crippen LogP contribution in [0.5, 0.6) is 0 Å². The van der Waals surface area contributed by atoms with E-state index >= 15 is 0 Å². The number of benzene rings is 1. The number of amides is 1. The number of piperazine rings is 1. The van der Waals surface area contributed by atoms with Gasteiger partial charge in [-0.25, -0.2) is 4.98 Å². The maximum absolute atomic E-state index is 12.1. The van der Waals surface area contributed by atoms with Crippen LogP contribution in [0.1, 0.15) is 13.8 Å². The van der Waals surface area contributed by atoms with E-state index < -0.39 is 0 Å². The van der Waals surface area contributed by atoms with Crippen LogP contribution >= 0.6 is 0 Å². The second-order valence-electron chi connectivity index (χ2n) is 6.53. The first-order valence-electron chi connectivity index (χ1n) is 8.88. The number of aromatic nitrogens is 1. The smallest absolute Gasteiger partial charge is 0.225 e. The third-order valence-corrected chi connectivity index (χ3v) is 4.81. The van der Waals surface area contributed by atoms with E-state index in [1.807, 2.05) is 18.2 Å². The van der Waals surface area contributed by atoms with E-state index in [0.717, 1.165) is 32.0 Å². The summed E-state index contributed by atoms with van der Waals surface area (Å²) in [6, 6.07) is 16.5. The molecule has 0 radical (unpaired) electrons. The van der Waals surface area contributed by atoms with Crippen molar-refractivity contribution >= 4 is 17.4 Å². The van der Waals surface area contributed by atoms with Gasteiger partial charge in [-0.2, -0.15) is 0 Å². The number of carbonyl (C=O) groups is 1. The van der Waals surface area contributed by atoms with Crippen molar-refractivity contribution < 1.29 is 4.79 Å². The standard InChI is InChI=1S/C20H26N4O/c1-17(16-24(18(2)25)20-10-6-7-11-21-20)22-12-14-23(15-13-22)19-8-4-3-5-9-19/h3-11,17H,12-16H2,1-2H3. The van der Waals surface area contributed by atoms with Gasteiger partial charge in [0.05, 0.1) is 0 Å². The second kappa shape index (κ2) is 8.12. The molecule has 3 rings (SSSR count). The van der Waals surface area contributed by atoms with Crippen LogP contribution in [0.25, 0.3) is 0 Å². The van der Waals surface area contributed by atoms with E-state index in [4.69, 9.17) is 0 Å². The van der Waals surface area contributed by atoms with E-state index in [1.54, 1.807) is 18.0 Å². The molecule has 1 atom stereocenters. The molecule has 132 valence electrons. The van der Waals surface area contributed by atoms with Gasteiger partial charge in [-0.1, -0.05) is 24.3 Å². The summed E-state index contributed by atoms with van der Waals surface area (Å²) in [6.07, 6.45) is 1.73. The summed E-state index contributed by atoms with van der Waals surface area (Å²) in [5.74, 6) is 0.762. The third kappa shape index (κ3) is 4.37. The van der Waals surface area contributed by atoms with E-state index in [9.17, 15) is 4.79 Å². The Labute approximate surface area is 149 Å². The molecule has 5 heteroatoms. The number of hydrogen-bond donors (Lipinski definition) is 0. The highest BCUT2D eigenvalue weighted by Crippen LogP contribution is 2.18. The number of rotatable bonds is 5.